The Morgan fingerprint density at radius 1 is 1.00 bits per heavy atom. The first kappa shape index (κ1) is 17.6. The zero-order valence-corrected chi connectivity index (χ0v) is 13.5. The lowest BCUT2D eigenvalue weighted by atomic mass is 10.0. The number of rotatable bonds is 4. The van der Waals surface area contributed by atoms with Gasteiger partial charge < -0.3 is 5.32 Å². The fourth-order valence-electron chi connectivity index (χ4n) is 2.40. The predicted molar refractivity (Wildman–Crippen MR) is 90.1 cm³/mol. The molecule has 3 aromatic rings. The molecule has 0 unspecified atom stereocenters. The number of hydrogen-bond donors (Lipinski definition) is 1. The van der Waals surface area contributed by atoms with E-state index in [2.05, 4.69) is 15.3 Å². The molecule has 2 heterocycles. The zero-order chi connectivity index (χ0) is 18.6. The summed E-state index contributed by atoms with van der Waals surface area (Å²) in [4.78, 5) is 20.3. The van der Waals surface area contributed by atoms with Crippen molar-refractivity contribution < 1.29 is 18.0 Å². The molecule has 0 saturated carbocycles. The number of nitrogens with zero attached hydrogens (tertiary/aromatic N) is 2. The Morgan fingerprint density at radius 3 is 2.38 bits per heavy atom. The minimum Gasteiger partial charge on any atom is -0.348 e. The van der Waals surface area contributed by atoms with Gasteiger partial charge in [0.15, 0.2) is 0 Å². The molecule has 26 heavy (non-hydrogen) atoms. The number of alkyl halides is 3. The van der Waals surface area contributed by atoms with Crippen molar-refractivity contribution in [1.29, 1.82) is 0 Å². The summed E-state index contributed by atoms with van der Waals surface area (Å²) < 4.78 is 38.0. The van der Waals surface area contributed by atoms with Gasteiger partial charge >= 0.3 is 6.18 Å². The first-order valence-electron chi connectivity index (χ1n) is 7.75. The number of hydrogen-bond acceptors (Lipinski definition) is 3. The highest BCUT2D eigenvalue weighted by Gasteiger charge is 2.30. The van der Waals surface area contributed by atoms with Gasteiger partial charge in [0.1, 0.15) is 0 Å². The molecule has 0 atom stereocenters. The van der Waals surface area contributed by atoms with Crippen molar-refractivity contribution >= 4 is 5.91 Å². The van der Waals surface area contributed by atoms with E-state index in [-0.39, 0.29) is 5.91 Å². The first-order chi connectivity index (χ1) is 12.4. The Morgan fingerprint density at radius 2 is 1.73 bits per heavy atom. The van der Waals surface area contributed by atoms with E-state index in [0.29, 0.717) is 23.4 Å². The molecule has 2 aromatic heterocycles. The Balaban J connectivity index is 1.82. The van der Waals surface area contributed by atoms with Crippen molar-refractivity contribution in [3.63, 3.8) is 0 Å². The van der Waals surface area contributed by atoms with Crippen LogP contribution in [0.4, 0.5) is 13.2 Å². The minimum atomic E-state index is -4.45. The number of amides is 1. The lowest BCUT2D eigenvalue weighted by molar-refractivity contribution is -0.137. The van der Waals surface area contributed by atoms with Crippen LogP contribution in [-0.2, 0) is 12.7 Å². The average molecular weight is 357 g/mol. The molecular formula is C19H14F3N3O. The van der Waals surface area contributed by atoms with Crippen LogP contribution in [0, 0.1) is 0 Å². The molecule has 0 aliphatic carbocycles. The number of aromatic nitrogens is 2. The van der Waals surface area contributed by atoms with Crippen LogP contribution in [0.1, 0.15) is 21.5 Å². The number of pyridine rings is 2. The van der Waals surface area contributed by atoms with Crippen LogP contribution in [0.25, 0.3) is 11.3 Å². The number of nitrogens with one attached hydrogen (secondary N) is 1. The summed E-state index contributed by atoms with van der Waals surface area (Å²) in [5, 5.41) is 2.79. The summed E-state index contributed by atoms with van der Waals surface area (Å²) in [6.07, 6.45) is -0.433. The second-order valence-electron chi connectivity index (χ2n) is 5.51. The van der Waals surface area contributed by atoms with E-state index in [1.165, 1.54) is 6.07 Å². The minimum absolute atomic E-state index is 0.299. The van der Waals surface area contributed by atoms with E-state index < -0.39 is 11.7 Å². The van der Waals surface area contributed by atoms with Gasteiger partial charge in [0.25, 0.3) is 5.91 Å². The van der Waals surface area contributed by atoms with Gasteiger partial charge in [-0.05, 0) is 35.9 Å². The second-order valence-corrected chi connectivity index (χ2v) is 5.51. The monoisotopic (exact) mass is 357 g/mol. The topological polar surface area (TPSA) is 54.9 Å². The van der Waals surface area contributed by atoms with E-state index in [9.17, 15) is 18.0 Å². The van der Waals surface area contributed by atoms with Gasteiger partial charge in [0.2, 0.25) is 0 Å². The highest BCUT2D eigenvalue weighted by Crippen LogP contribution is 2.30. The van der Waals surface area contributed by atoms with Crippen molar-refractivity contribution in [3.05, 3.63) is 83.8 Å². The largest absolute Gasteiger partial charge is 0.417 e. The van der Waals surface area contributed by atoms with Crippen molar-refractivity contribution in [2.75, 3.05) is 0 Å². The molecule has 0 spiro atoms. The standard InChI is InChI=1S/C19H14F3N3O/c20-19(21,22)14-5-6-17(24-12-14)15-3-1-2-4-16(15)18(26)25-11-13-7-9-23-10-8-13/h1-10,12H,11H2,(H,25,26). The van der Waals surface area contributed by atoms with Crippen LogP contribution in [0.5, 0.6) is 0 Å². The fourth-order valence-corrected chi connectivity index (χ4v) is 2.40. The molecule has 0 saturated heterocycles. The summed E-state index contributed by atoms with van der Waals surface area (Å²) in [6.45, 7) is 0.316. The van der Waals surface area contributed by atoms with Gasteiger partial charge in [0, 0.05) is 36.3 Å². The van der Waals surface area contributed by atoms with E-state index in [0.717, 1.165) is 17.8 Å². The van der Waals surface area contributed by atoms with Crippen molar-refractivity contribution in [1.82, 2.24) is 15.3 Å². The summed E-state index contributed by atoms with van der Waals surface area (Å²) in [6, 6.07) is 12.4. The molecular weight excluding hydrogens is 343 g/mol. The molecule has 0 radical (unpaired) electrons. The van der Waals surface area contributed by atoms with E-state index in [4.69, 9.17) is 0 Å². The molecule has 0 aliphatic heterocycles. The molecule has 0 aliphatic rings. The number of carbonyl (C=O) groups excluding carboxylic acids is 1. The Hall–Kier alpha value is -3.22. The van der Waals surface area contributed by atoms with Gasteiger partial charge in [-0.15, -0.1) is 0 Å². The van der Waals surface area contributed by atoms with Crippen LogP contribution in [-0.4, -0.2) is 15.9 Å². The summed E-state index contributed by atoms with van der Waals surface area (Å²) >= 11 is 0. The molecule has 4 nitrogen and oxygen atoms in total. The highest BCUT2D eigenvalue weighted by molar-refractivity contribution is 6.00. The van der Waals surface area contributed by atoms with Gasteiger partial charge in [-0.3, -0.25) is 14.8 Å². The van der Waals surface area contributed by atoms with Crippen LogP contribution in [0.2, 0.25) is 0 Å². The van der Waals surface area contributed by atoms with Crippen molar-refractivity contribution in [3.8, 4) is 11.3 Å². The van der Waals surface area contributed by atoms with E-state index >= 15 is 0 Å². The molecule has 1 N–H and O–H groups in total. The summed E-state index contributed by atoms with van der Waals surface area (Å²) in [7, 11) is 0. The molecule has 0 bridgehead atoms. The average Bonchev–Trinajstić information content (AvgIpc) is 2.66. The van der Waals surface area contributed by atoms with Crippen LogP contribution in [0.3, 0.4) is 0 Å². The molecule has 0 fully saturated rings. The van der Waals surface area contributed by atoms with Gasteiger partial charge in [0.05, 0.1) is 11.3 Å². The smallest absolute Gasteiger partial charge is 0.348 e. The fraction of sp³-hybridized carbons (Fsp3) is 0.105. The number of halogens is 3. The lowest BCUT2D eigenvalue weighted by Gasteiger charge is -2.11. The third-order valence-electron chi connectivity index (χ3n) is 3.74. The second kappa shape index (κ2) is 7.35. The summed E-state index contributed by atoms with van der Waals surface area (Å²) in [5.41, 5.74) is 1.16. The van der Waals surface area contributed by atoms with Crippen LogP contribution < -0.4 is 5.32 Å². The third-order valence-corrected chi connectivity index (χ3v) is 3.74. The maximum atomic E-state index is 12.7. The molecule has 132 valence electrons. The highest BCUT2D eigenvalue weighted by atomic mass is 19.4. The number of carbonyl (C=O) groups is 1. The Labute approximate surface area is 147 Å². The maximum absolute atomic E-state index is 12.7. The normalized spacial score (nSPS) is 11.2. The van der Waals surface area contributed by atoms with Gasteiger partial charge in [-0.1, -0.05) is 18.2 Å². The number of benzene rings is 1. The van der Waals surface area contributed by atoms with Crippen molar-refractivity contribution in [2.45, 2.75) is 12.7 Å². The first-order valence-corrected chi connectivity index (χ1v) is 7.75. The third kappa shape index (κ3) is 4.05. The quantitative estimate of drug-likeness (QED) is 0.765. The predicted octanol–water partition coefficient (Wildman–Crippen LogP) is 4.09. The van der Waals surface area contributed by atoms with E-state index in [1.807, 2.05) is 0 Å². The lowest BCUT2D eigenvalue weighted by Crippen LogP contribution is -2.23. The molecule has 1 amide bonds. The molecule has 1 aromatic carbocycles. The maximum Gasteiger partial charge on any atom is 0.417 e. The Bertz CT molecular complexity index is 894. The summed E-state index contributed by atoms with van der Waals surface area (Å²) in [5.74, 6) is -0.334. The van der Waals surface area contributed by atoms with Gasteiger partial charge in [-0.25, -0.2) is 0 Å². The van der Waals surface area contributed by atoms with Crippen LogP contribution in [0.15, 0.2) is 67.1 Å². The van der Waals surface area contributed by atoms with Crippen molar-refractivity contribution in [2.24, 2.45) is 0 Å². The zero-order valence-electron chi connectivity index (χ0n) is 13.5. The molecule has 3 rings (SSSR count). The van der Waals surface area contributed by atoms with Gasteiger partial charge in [-0.2, -0.15) is 13.2 Å². The molecule has 7 heteroatoms. The SMILES string of the molecule is O=C(NCc1ccncc1)c1ccccc1-c1ccc(C(F)(F)F)cn1. The van der Waals surface area contributed by atoms with E-state index in [1.54, 1.807) is 48.8 Å². The Kier molecular flexibility index (Phi) is 4.97. The van der Waals surface area contributed by atoms with Crippen LogP contribution >= 0.6 is 0 Å².